The average molecular weight is 850 g/mol. The second kappa shape index (κ2) is 50.5. The molecule has 0 aliphatic heterocycles. The lowest BCUT2D eigenvalue weighted by Gasteiger charge is -2.22. The normalized spacial score (nSPS) is 12.5. The average Bonchev–Trinajstić information content (AvgIpc) is 3.25. The van der Waals surface area contributed by atoms with Crippen LogP contribution in [0.4, 0.5) is 0 Å². The van der Waals surface area contributed by atoms with E-state index in [2.05, 4.69) is 19.2 Å². The van der Waals surface area contributed by atoms with Crippen LogP contribution in [0.3, 0.4) is 0 Å². The highest BCUT2D eigenvalue weighted by molar-refractivity contribution is 5.76. The molecule has 6 heteroatoms. The Balaban J connectivity index is 3.38. The fourth-order valence-electron chi connectivity index (χ4n) is 8.70. The topological polar surface area (TPSA) is 95.9 Å². The third kappa shape index (κ3) is 46.4. The number of ether oxygens (including phenoxy) is 1. The summed E-state index contributed by atoms with van der Waals surface area (Å²) in [5, 5.41) is 23.1. The first-order chi connectivity index (χ1) is 29.5. The van der Waals surface area contributed by atoms with Gasteiger partial charge in [0.2, 0.25) is 5.91 Å². The molecule has 0 aliphatic carbocycles. The first kappa shape index (κ1) is 58.9. The smallest absolute Gasteiger partial charge is 0.305 e. The highest BCUT2D eigenvalue weighted by Gasteiger charge is 2.20. The number of aliphatic hydroxyl groups is 2. The third-order valence-electron chi connectivity index (χ3n) is 12.9. The summed E-state index contributed by atoms with van der Waals surface area (Å²) in [6.45, 7) is 4.95. The molecule has 0 rings (SSSR count). The predicted octanol–water partition coefficient (Wildman–Crippen LogP) is 16.4. The molecule has 358 valence electrons. The van der Waals surface area contributed by atoms with Gasteiger partial charge in [0.25, 0.3) is 0 Å². The number of aliphatic hydroxyl groups excluding tert-OH is 2. The largest absolute Gasteiger partial charge is 0.466 e. The zero-order valence-electron chi connectivity index (χ0n) is 40.7. The molecule has 2 atom stereocenters. The lowest BCUT2D eigenvalue weighted by atomic mass is 10.0. The molecule has 0 aromatic rings. The maximum atomic E-state index is 12.4. The van der Waals surface area contributed by atoms with Crippen molar-refractivity contribution in [2.75, 3.05) is 13.2 Å². The van der Waals surface area contributed by atoms with Crippen LogP contribution in [0.5, 0.6) is 0 Å². The summed E-state index contributed by atoms with van der Waals surface area (Å²) < 4.78 is 5.48. The fourth-order valence-corrected chi connectivity index (χ4v) is 8.70. The van der Waals surface area contributed by atoms with E-state index in [0.717, 1.165) is 44.9 Å². The van der Waals surface area contributed by atoms with Crippen molar-refractivity contribution in [3.05, 3.63) is 0 Å². The van der Waals surface area contributed by atoms with Gasteiger partial charge in [-0.25, -0.2) is 0 Å². The number of amides is 1. The van der Waals surface area contributed by atoms with Crippen LogP contribution in [0.25, 0.3) is 0 Å². The Kier molecular flexibility index (Phi) is 49.5. The molecule has 2 unspecified atom stereocenters. The van der Waals surface area contributed by atoms with E-state index in [0.29, 0.717) is 25.9 Å². The summed E-state index contributed by atoms with van der Waals surface area (Å²) in [4.78, 5) is 24.5. The number of carbonyl (C=O) groups excluding carboxylic acids is 2. The minimum atomic E-state index is -0.667. The van der Waals surface area contributed by atoms with Gasteiger partial charge < -0.3 is 20.3 Å². The van der Waals surface area contributed by atoms with Crippen LogP contribution in [0.1, 0.15) is 309 Å². The van der Waals surface area contributed by atoms with E-state index >= 15 is 0 Å². The van der Waals surface area contributed by atoms with Crippen LogP contribution < -0.4 is 5.32 Å². The number of rotatable bonds is 51. The van der Waals surface area contributed by atoms with Crippen molar-refractivity contribution in [2.24, 2.45) is 0 Å². The Morgan fingerprint density at radius 2 is 0.683 bits per heavy atom. The van der Waals surface area contributed by atoms with E-state index in [1.165, 1.54) is 231 Å². The Labute approximate surface area is 375 Å². The minimum absolute atomic E-state index is 0.00513. The number of nitrogens with one attached hydrogen (secondary N) is 1. The van der Waals surface area contributed by atoms with Crippen LogP contribution >= 0.6 is 0 Å². The van der Waals surface area contributed by atoms with E-state index in [9.17, 15) is 19.8 Å². The van der Waals surface area contributed by atoms with Gasteiger partial charge in [-0.15, -0.1) is 0 Å². The van der Waals surface area contributed by atoms with Crippen molar-refractivity contribution in [3.63, 3.8) is 0 Å². The van der Waals surface area contributed by atoms with E-state index in [-0.39, 0.29) is 18.5 Å². The summed E-state index contributed by atoms with van der Waals surface area (Å²) in [5.74, 6) is -0.0377. The fraction of sp³-hybridized carbons (Fsp3) is 0.963. The first-order valence-electron chi connectivity index (χ1n) is 27.3. The van der Waals surface area contributed by atoms with Gasteiger partial charge in [-0.05, 0) is 25.7 Å². The van der Waals surface area contributed by atoms with E-state index in [1.807, 2.05) is 0 Å². The quantitative estimate of drug-likeness (QED) is 0.0418. The molecule has 0 fully saturated rings. The minimum Gasteiger partial charge on any atom is -0.466 e. The molecule has 0 saturated carbocycles. The molecule has 0 aromatic carbocycles. The number of esters is 1. The standard InChI is InChI=1S/C54H107NO5/c1-3-5-7-9-11-13-15-16-17-18-21-24-28-32-36-40-44-48-54(59)60-49-45-41-37-33-29-25-22-19-20-23-27-31-35-39-43-47-53(58)55-51(50-56)52(57)46-42-38-34-30-26-14-12-10-8-6-4-2/h51-52,56-57H,3-50H2,1-2H3,(H,55,58). The van der Waals surface area contributed by atoms with Crippen molar-refractivity contribution >= 4 is 11.9 Å². The summed E-state index contributed by atoms with van der Waals surface area (Å²) in [6.07, 6.45) is 56.5. The van der Waals surface area contributed by atoms with Gasteiger partial charge in [-0.3, -0.25) is 9.59 Å². The van der Waals surface area contributed by atoms with Gasteiger partial charge >= 0.3 is 5.97 Å². The summed E-state index contributed by atoms with van der Waals surface area (Å²) in [7, 11) is 0. The van der Waals surface area contributed by atoms with E-state index in [4.69, 9.17) is 4.74 Å². The van der Waals surface area contributed by atoms with Crippen LogP contribution in [0.2, 0.25) is 0 Å². The molecule has 0 bridgehead atoms. The number of hydrogen-bond acceptors (Lipinski definition) is 5. The Morgan fingerprint density at radius 1 is 0.400 bits per heavy atom. The van der Waals surface area contributed by atoms with Gasteiger partial charge in [0.1, 0.15) is 0 Å². The van der Waals surface area contributed by atoms with Crippen molar-refractivity contribution in [2.45, 2.75) is 321 Å². The predicted molar refractivity (Wildman–Crippen MR) is 260 cm³/mol. The second-order valence-electron chi connectivity index (χ2n) is 18.9. The van der Waals surface area contributed by atoms with Crippen LogP contribution in [-0.4, -0.2) is 47.4 Å². The van der Waals surface area contributed by atoms with Gasteiger partial charge in [-0.2, -0.15) is 0 Å². The zero-order chi connectivity index (χ0) is 43.7. The van der Waals surface area contributed by atoms with E-state index in [1.54, 1.807) is 0 Å². The monoisotopic (exact) mass is 850 g/mol. The van der Waals surface area contributed by atoms with Crippen LogP contribution in [-0.2, 0) is 14.3 Å². The SMILES string of the molecule is CCCCCCCCCCCCCCCCCCCC(=O)OCCCCCCCCCCCCCCCCCC(=O)NC(CO)C(O)CCCCCCCCCCCCC. The zero-order valence-corrected chi connectivity index (χ0v) is 40.7. The molecule has 3 N–H and O–H groups in total. The maximum Gasteiger partial charge on any atom is 0.305 e. The molecular weight excluding hydrogens is 743 g/mol. The molecular formula is C54H107NO5. The number of hydrogen-bond donors (Lipinski definition) is 3. The second-order valence-corrected chi connectivity index (χ2v) is 18.9. The number of carbonyl (C=O) groups is 2. The van der Waals surface area contributed by atoms with E-state index < -0.39 is 12.1 Å². The number of unbranched alkanes of at least 4 members (excludes halogenated alkanes) is 40. The molecule has 0 aromatic heterocycles. The molecule has 6 nitrogen and oxygen atoms in total. The molecule has 0 saturated heterocycles. The van der Waals surface area contributed by atoms with Crippen molar-refractivity contribution < 1.29 is 24.5 Å². The highest BCUT2D eigenvalue weighted by Crippen LogP contribution is 2.17. The van der Waals surface area contributed by atoms with Gasteiger partial charge in [0.15, 0.2) is 0 Å². The molecule has 0 spiro atoms. The third-order valence-corrected chi connectivity index (χ3v) is 12.9. The Bertz CT molecular complexity index is 852. The Hall–Kier alpha value is -1.14. The lowest BCUT2D eigenvalue weighted by molar-refractivity contribution is -0.143. The summed E-state index contributed by atoms with van der Waals surface area (Å²) in [5.41, 5.74) is 0. The van der Waals surface area contributed by atoms with Crippen LogP contribution in [0, 0.1) is 0 Å². The van der Waals surface area contributed by atoms with Crippen molar-refractivity contribution in [1.82, 2.24) is 5.32 Å². The molecule has 0 aliphatic rings. The molecule has 0 heterocycles. The molecule has 0 radical (unpaired) electrons. The highest BCUT2D eigenvalue weighted by atomic mass is 16.5. The van der Waals surface area contributed by atoms with Crippen molar-refractivity contribution in [1.29, 1.82) is 0 Å². The van der Waals surface area contributed by atoms with Gasteiger partial charge in [0, 0.05) is 12.8 Å². The van der Waals surface area contributed by atoms with Gasteiger partial charge in [0.05, 0.1) is 25.4 Å². The molecule has 60 heavy (non-hydrogen) atoms. The summed E-state index contributed by atoms with van der Waals surface area (Å²) >= 11 is 0. The van der Waals surface area contributed by atoms with Crippen molar-refractivity contribution in [3.8, 4) is 0 Å². The Morgan fingerprint density at radius 3 is 1.02 bits per heavy atom. The summed E-state index contributed by atoms with van der Waals surface area (Å²) in [6, 6.07) is -0.545. The first-order valence-corrected chi connectivity index (χ1v) is 27.3. The lowest BCUT2D eigenvalue weighted by Crippen LogP contribution is -2.45. The molecule has 1 amide bonds. The van der Waals surface area contributed by atoms with Gasteiger partial charge in [-0.1, -0.05) is 271 Å². The van der Waals surface area contributed by atoms with Crippen LogP contribution in [0.15, 0.2) is 0 Å². The maximum absolute atomic E-state index is 12.4.